The number of hydrogen-bond acceptors (Lipinski definition) is 6. The Morgan fingerprint density at radius 1 is 1.38 bits per heavy atom. The van der Waals surface area contributed by atoms with Gasteiger partial charge in [0.05, 0.1) is 6.61 Å². The van der Waals surface area contributed by atoms with E-state index in [1.165, 1.54) is 0 Å². The Bertz CT molecular complexity index is 529. The second-order valence-corrected chi connectivity index (χ2v) is 6.70. The van der Waals surface area contributed by atoms with E-state index in [0.29, 0.717) is 24.9 Å². The van der Waals surface area contributed by atoms with Crippen LogP contribution in [-0.2, 0) is 11.2 Å². The van der Waals surface area contributed by atoms with Crippen molar-refractivity contribution < 1.29 is 9.26 Å². The number of rotatable bonds is 8. The molecule has 0 unspecified atom stereocenters. The smallest absolute Gasteiger partial charge is 0.228 e. The van der Waals surface area contributed by atoms with Crippen molar-refractivity contribution in [3.05, 3.63) is 11.7 Å². The van der Waals surface area contributed by atoms with E-state index >= 15 is 0 Å². The van der Waals surface area contributed by atoms with Gasteiger partial charge in [0, 0.05) is 58.7 Å². The molecule has 0 amide bonds. The van der Waals surface area contributed by atoms with E-state index in [9.17, 15) is 0 Å². The Kier molecular flexibility index (Phi) is 11.1. The maximum atomic E-state index is 5.26. The fourth-order valence-corrected chi connectivity index (χ4v) is 2.80. The van der Waals surface area contributed by atoms with Gasteiger partial charge in [-0.15, -0.1) is 24.0 Å². The SMILES string of the molecule is CN=C(NCCc1nc(C(C)C)no1)NC1CCN(CCOC)CC1.I. The third kappa shape index (κ3) is 7.75. The van der Waals surface area contributed by atoms with Crippen LogP contribution in [0.3, 0.4) is 0 Å². The average molecular weight is 480 g/mol. The first-order chi connectivity index (χ1) is 12.1. The molecule has 0 radical (unpaired) electrons. The van der Waals surface area contributed by atoms with Crippen LogP contribution >= 0.6 is 24.0 Å². The largest absolute Gasteiger partial charge is 0.383 e. The van der Waals surface area contributed by atoms with Gasteiger partial charge in [0.2, 0.25) is 5.89 Å². The van der Waals surface area contributed by atoms with Crippen LogP contribution in [0.5, 0.6) is 0 Å². The molecule has 1 aromatic rings. The van der Waals surface area contributed by atoms with Gasteiger partial charge in [-0.1, -0.05) is 19.0 Å². The molecule has 0 aliphatic carbocycles. The van der Waals surface area contributed by atoms with Crippen LogP contribution in [0.25, 0.3) is 0 Å². The fourth-order valence-electron chi connectivity index (χ4n) is 2.80. The molecule has 0 aromatic carbocycles. The average Bonchev–Trinajstić information content (AvgIpc) is 3.09. The van der Waals surface area contributed by atoms with Crippen LogP contribution in [0, 0.1) is 0 Å². The van der Waals surface area contributed by atoms with Gasteiger partial charge < -0.3 is 24.8 Å². The molecule has 8 nitrogen and oxygen atoms in total. The van der Waals surface area contributed by atoms with Crippen molar-refractivity contribution in [1.29, 1.82) is 0 Å². The second-order valence-electron chi connectivity index (χ2n) is 6.70. The van der Waals surface area contributed by atoms with E-state index in [2.05, 4.69) is 44.5 Å². The third-order valence-electron chi connectivity index (χ3n) is 4.40. The molecule has 0 saturated carbocycles. The number of nitrogens with zero attached hydrogens (tertiary/aromatic N) is 4. The van der Waals surface area contributed by atoms with E-state index in [0.717, 1.165) is 50.9 Å². The molecule has 2 N–H and O–H groups in total. The first kappa shape index (κ1) is 23.1. The zero-order valence-corrected chi connectivity index (χ0v) is 18.7. The summed E-state index contributed by atoms with van der Waals surface area (Å²) in [6, 6.07) is 0.459. The summed E-state index contributed by atoms with van der Waals surface area (Å²) < 4.78 is 10.4. The van der Waals surface area contributed by atoms with Gasteiger partial charge in [0.25, 0.3) is 0 Å². The molecule has 1 aromatic heterocycles. The van der Waals surface area contributed by atoms with Crippen LogP contribution in [0.4, 0.5) is 0 Å². The summed E-state index contributed by atoms with van der Waals surface area (Å²) >= 11 is 0. The second kappa shape index (κ2) is 12.4. The van der Waals surface area contributed by atoms with Crippen molar-refractivity contribution in [2.75, 3.05) is 46.9 Å². The van der Waals surface area contributed by atoms with Crippen molar-refractivity contribution in [2.45, 2.75) is 45.1 Å². The molecular formula is C17H33IN6O2. The Hall–Kier alpha value is -0.940. The Balaban J connectivity index is 0.00000338. The highest BCUT2D eigenvalue weighted by Gasteiger charge is 2.19. The predicted octanol–water partition coefficient (Wildman–Crippen LogP) is 1.63. The quantitative estimate of drug-likeness (QED) is 0.332. The first-order valence-corrected chi connectivity index (χ1v) is 9.13. The van der Waals surface area contributed by atoms with E-state index in [-0.39, 0.29) is 29.9 Å². The topological polar surface area (TPSA) is 87.8 Å². The van der Waals surface area contributed by atoms with Crippen molar-refractivity contribution in [2.24, 2.45) is 4.99 Å². The minimum atomic E-state index is 0. The molecule has 26 heavy (non-hydrogen) atoms. The number of hydrogen-bond donors (Lipinski definition) is 2. The van der Waals surface area contributed by atoms with E-state index in [4.69, 9.17) is 9.26 Å². The van der Waals surface area contributed by atoms with Gasteiger partial charge in [0.15, 0.2) is 11.8 Å². The van der Waals surface area contributed by atoms with Crippen molar-refractivity contribution in [3.63, 3.8) is 0 Å². The van der Waals surface area contributed by atoms with Crippen LogP contribution < -0.4 is 10.6 Å². The zero-order chi connectivity index (χ0) is 18.1. The van der Waals surface area contributed by atoms with Gasteiger partial charge in [-0.3, -0.25) is 4.99 Å². The summed E-state index contributed by atoms with van der Waals surface area (Å²) in [5.41, 5.74) is 0. The molecule has 9 heteroatoms. The van der Waals surface area contributed by atoms with Crippen LogP contribution in [0.2, 0.25) is 0 Å². The number of methoxy groups -OCH3 is 1. The highest BCUT2D eigenvalue weighted by atomic mass is 127. The molecule has 2 heterocycles. The molecule has 2 rings (SSSR count). The van der Waals surface area contributed by atoms with Gasteiger partial charge in [-0.05, 0) is 12.8 Å². The molecular weight excluding hydrogens is 447 g/mol. The number of ether oxygens (including phenoxy) is 1. The number of halogens is 1. The van der Waals surface area contributed by atoms with Gasteiger partial charge in [0.1, 0.15) is 0 Å². The van der Waals surface area contributed by atoms with Gasteiger partial charge >= 0.3 is 0 Å². The lowest BCUT2D eigenvalue weighted by atomic mass is 10.1. The highest BCUT2D eigenvalue weighted by molar-refractivity contribution is 14.0. The molecule has 1 aliphatic heterocycles. The highest BCUT2D eigenvalue weighted by Crippen LogP contribution is 2.10. The summed E-state index contributed by atoms with van der Waals surface area (Å²) in [5.74, 6) is 2.55. The fraction of sp³-hybridized carbons (Fsp3) is 0.824. The Labute approximate surface area is 173 Å². The lowest BCUT2D eigenvalue weighted by Gasteiger charge is -2.32. The maximum absolute atomic E-state index is 5.26. The summed E-state index contributed by atoms with van der Waals surface area (Å²) in [6.45, 7) is 8.83. The van der Waals surface area contributed by atoms with Crippen molar-refractivity contribution >= 4 is 29.9 Å². The molecule has 0 bridgehead atoms. The molecule has 0 atom stereocenters. The Morgan fingerprint density at radius 3 is 2.69 bits per heavy atom. The minimum absolute atomic E-state index is 0. The number of aliphatic imine (C=N–C) groups is 1. The van der Waals surface area contributed by atoms with Gasteiger partial charge in [-0.2, -0.15) is 4.98 Å². The molecule has 0 spiro atoms. The lowest BCUT2D eigenvalue weighted by molar-refractivity contribution is 0.128. The maximum Gasteiger partial charge on any atom is 0.228 e. The van der Waals surface area contributed by atoms with E-state index in [1.54, 1.807) is 14.2 Å². The Morgan fingerprint density at radius 2 is 2.12 bits per heavy atom. The first-order valence-electron chi connectivity index (χ1n) is 9.13. The minimum Gasteiger partial charge on any atom is -0.383 e. The number of likely N-dealkylation sites (tertiary alicyclic amines) is 1. The summed E-state index contributed by atoms with van der Waals surface area (Å²) in [5, 5.41) is 10.8. The lowest BCUT2D eigenvalue weighted by Crippen LogP contribution is -2.49. The number of piperidine rings is 1. The van der Waals surface area contributed by atoms with Crippen LogP contribution in [-0.4, -0.2) is 74.0 Å². The monoisotopic (exact) mass is 480 g/mol. The zero-order valence-electron chi connectivity index (χ0n) is 16.3. The third-order valence-corrected chi connectivity index (χ3v) is 4.40. The molecule has 1 saturated heterocycles. The van der Waals surface area contributed by atoms with Crippen molar-refractivity contribution in [1.82, 2.24) is 25.7 Å². The molecule has 1 aliphatic rings. The summed E-state index contributed by atoms with van der Waals surface area (Å²) in [6.07, 6.45) is 2.92. The summed E-state index contributed by atoms with van der Waals surface area (Å²) in [7, 11) is 3.55. The van der Waals surface area contributed by atoms with Crippen LogP contribution in [0.1, 0.15) is 44.3 Å². The number of guanidine groups is 1. The molecule has 150 valence electrons. The number of nitrogens with one attached hydrogen (secondary N) is 2. The van der Waals surface area contributed by atoms with E-state index < -0.39 is 0 Å². The molecule has 1 fully saturated rings. The van der Waals surface area contributed by atoms with E-state index in [1.807, 2.05) is 0 Å². The predicted molar refractivity (Wildman–Crippen MR) is 113 cm³/mol. The van der Waals surface area contributed by atoms with Crippen molar-refractivity contribution in [3.8, 4) is 0 Å². The standard InChI is InChI=1S/C17H32N6O2.HI/c1-13(2)16-21-15(25-22-16)5-8-19-17(18-3)20-14-6-9-23(10-7-14)11-12-24-4;/h13-14H,5-12H2,1-4H3,(H2,18,19,20);1H. The van der Waals surface area contributed by atoms with Crippen LogP contribution in [0.15, 0.2) is 9.52 Å². The normalized spacial score (nSPS) is 16.6. The number of aromatic nitrogens is 2. The summed E-state index contributed by atoms with van der Waals surface area (Å²) in [4.78, 5) is 11.1. The van der Waals surface area contributed by atoms with Gasteiger partial charge in [-0.25, -0.2) is 0 Å².